The fourth-order valence-electron chi connectivity index (χ4n) is 2.48. The van der Waals surface area contributed by atoms with E-state index in [0.29, 0.717) is 6.54 Å². The van der Waals surface area contributed by atoms with Gasteiger partial charge in [-0.05, 0) is 41.3 Å². The van der Waals surface area contributed by atoms with Crippen molar-refractivity contribution in [1.82, 2.24) is 10.6 Å². The molecule has 0 aliphatic carbocycles. The highest BCUT2D eigenvalue weighted by Gasteiger charge is 2.16. The summed E-state index contributed by atoms with van der Waals surface area (Å²) in [5.41, 5.74) is 1.78. The number of carbonyl (C=O) groups excluding carboxylic acids is 1. The molecule has 2 rings (SSSR count). The Balaban J connectivity index is 1.86. The Labute approximate surface area is 141 Å². The van der Waals surface area contributed by atoms with Crippen LogP contribution in [0.15, 0.2) is 48.5 Å². The lowest BCUT2D eigenvalue weighted by Crippen LogP contribution is -2.37. The minimum absolute atomic E-state index is 0.0397. The van der Waals surface area contributed by atoms with Gasteiger partial charge >= 0.3 is 0 Å². The number of rotatable bonds is 7. The molecule has 2 N–H and O–H groups in total. The zero-order valence-corrected chi connectivity index (χ0v) is 13.9. The summed E-state index contributed by atoms with van der Waals surface area (Å²) in [6.45, 7) is 4.58. The van der Waals surface area contributed by atoms with Crippen LogP contribution in [0.2, 0.25) is 0 Å². The Morgan fingerprint density at radius 2 is 1.50 bits per heavy atom. The van der Waals surface area contributed by atoms with E-state index in [2.05, 4.69) is 10.6 Å². The second-order valence-electron chi connectivity index (χ2n) is 6.06. The first-order chi connectivity index (χ1) is 11.5. The van der Waals surface area contributed by atoms with E-state index in [9.17, 15) is 13.6 Å². The van der Waals surface area contributed by atoms with Gasteiger partial charge in [-0.25, -0.2) is 8.78 Å². The third-order valence-corrected chi connectivity index (χ3v) is 3.78. The largest absolute Gasteiger partial charge is 0.351 e. The molecule has 0 radical (unpaired) electrons. The van der Waals surface area contributed by atoms with Crippen molar-refractivity contribution in [1.29, 1.82) is 0 Å². The Hall–Kier alpha value is -2.27. The molecule has 0 aromatic heterocycles. The smallest absolute Gasteiger partial charge is 0.234 e. The van der Waals surface area contributed by atoms with Crippen LogP contribution >= 0.6 is 0 Å². The summed E-state index contributed by atoms with van der Waals surface area (Å²) in [5.74, 6) is -0.475. The molecule has 0 bridgehead atoms. The van der Waals surface area contributed by atoms with Crippen molar-refractivity contribution in [2.75, 3.05) is 6.54 Å². The van der Waals surface area contributed by atoms with Gasteiger partial charge in [0.25, 0.3) is 0 Å². The minimum atomic E-state index is -0.300. The third kappa shape index (κ3) is 5.42. The zero-order chi connectivity index (χ0) is 17.5. The van der Waals surface area contributed by atoms with E-state index in [1.165, 1.54) is 24.3 Å². The van der Waals surface area contributed by atoms with Gasteiger partial charge in [0.15, 0.2) is 0 Å². The number of nitrogens with one attached hydrogen (secondary N) is 2. The molecule has 3 nitrogen and oxygen atoms in total. The van der Waals surface area contributed by atoms with E-state index in [1.807, 2.05) is 13.8 Å². The van der Waals surface area contributed by atoms with Crippen LogP contribution in [0.3, 0.4) is 0 Å². The van der Waals surface area contributed by atoms with Crippen LogP contribution in [0, 0.1) is 17.6 Å². The van der Waals surface area contributed by atoms with Crippen LogP contribution in [0.4, 0.5) is 8.78 Å². The molecule has 2 aromatic carbocycles. The first-order valence-electron chi connectivity index (χ1n) is 7.95. The molecule has 0 unspecified atom stereocenters. The number of benzene rings is 2. The number of halogens is 2. The molecule has 0 saturated carbocycles. The lowest BCUT2D eigenvalue weighted by atomic mass is 9.96. The number of hydrogen-bond acceptors (Lipinski definition) is 2. The molecule has 128 valence electrons. The Morgan fingerprint density at radius 1 is 0.958 bits per heavy atom. The minimum Gasteiger partial charge on any atom is -0.351 e. The summed E-state index contributed by atoms with van der Waals surface area (Å²) in [5, 5.41) is 5.99. The van der Waals surface area contributed by atoms with Gasteiger partial charge in [-0.1, -0.05) is 38.1 Å². The molecule has 0 saturated heterocycles. The molecule has 0 heterocycles. The fraction of sp³-hybridized carbons (Fsp3) is 0.316. The summed E-state index contributed by atoms with van der Waals surface area (Å²) in [7, 11) is 0. The van der Waals surface area contributed by atoms with E-state index < -0.39 is 0 Å². The predicted octanol–water partition coefficient (Wildman–Crippen LogP) is 3.57. The van der Waals surface area contributed by atoms with Crippen LogP contribution in [0.1, 0.15) is 31.0 Å². The molecule has 24 heavy (non-hydrogen) atoms. The molecular weight excluding hydrogens is 310 g/mol. The van der Waals surface area contributed by atoms with Gasteiger partial charge in [-0.15, -0.1) is 0 Å². The molecule has 1 amide bonds. The molecule has 1 atom stereocenters. The van der Waals surface area contributed by atoms with E-state index >= 15 is 0 Å². The van der Waals surface area contributed by atoms with Gasteiger partial charge in [0.2, 0.25) is 5.91 Å². The van der Waals surface area contributed by atoms with E-state index in [4.69, 9.17) is 0 Å². The van der Waals surface area contributed by atoms with Crippen molar-refractivity contribution >= 4 is 5.91 Å². The average molecular weight is 332 g/mol. The zero-order valence-electron chi connectivity index (χ0n) is 13.9. The molecular formula is C19H22F2N2O. The lowest BCUT2D eigenvalue weighted by Gasteiger charge is -2.22. The van der Waals surface area contributed by atoms with Crippen LogP contribution in [0.5, 0.6) is 0 Å². The normalized spacial score (nSPS) is 12.2. The van der Waals surface area contributed by atoms with Crippen molar-refractivity contribution in [2.24, 2.45) is 5.92 Å². The second-order valence-corrected chi connectivity index (χ2v) is 6.06. The van der Waals surface area contributed by atoms with E-state index in [-0.39, 0.29) is 36.0 Å². The summed E-state index contributed by atoms with van der Waals surface area (Å²) in [6.07, 6.45) is 0. The number of hydrogen-bond donors (Lipinski definition) is 2. The topological polar surface area (TPSA) is 41.1 Å². The summed E-state index contributed by atoms with van der Waals surface area (Å²) in [6, 6.07) is 12.2. The molecule has 0 fully saturated rings. The van der Waals surface area contributed by atoms with Gasteiger partial charge < -0.3 is 10.6 Å². The standard InChI is InChI=1S/C19H22F2N2O/c1-13(2)19(15-5-9-17(21)10-6-15)23-12-18(24)22-11-14-3-7-16(20)8-4-14/h3-10,13,19,23H,11-12H2,1-2H3,(H,22,24)/t19-/m0/s1. The maximum Gasteiger partial charge on any atom is 0.234 e. The number of amides is 1. The average Bonchev–Trinajstić information content (AvgIpc) is 2.56. The maximum atomic E-state index is 13.0. The molecule has 5 heteroatoms. The number of carbonyl (C=O) groups is 1. The van der Waals surface area contributed by atoms with Gasteiger partial charge in [0.1, 0.15) is 11.6 Å². The molecule has 0 spiro atoms. The van der Waals surface area contributed by atoms with Crippen molar-refractivity contribution in [3.63, 3.8) is 0 Å². The first kappa shape index (κ1) is 18.1. The lowest BCUT2D eigenvalue weighted by molar-refractivity contribution is -0.120. The molecule has 2 aromatic rings. The summed E-state index contributed by atoms with van der Waals surface area (Å²) >= 11 is 0. The highest BCUT2D eigenvalue weighted by Crippen LogP contribution is 2.21. The molecule has 0 aliphatic rings. The fourth-order valence-corrected chi connectivity index (χ4v) is 2.48. The summed E-state index contributed by atoms with van der Waals surface area (Å²) < 4.78 is 25.9. The van der Waals surface area contributed by atoms with Gasteiger partial charge in [-0.2, -0.15) is 0 Å². The Kier molecular flexibility index (Phi) is 6.44. The SMILES string of the molecule is CC(C)[C@H](NCC(=O)NCc1ccc(F)cc1)c1ccc(F)cc1. The van der Waals surface area contributed by atoms with Gasteiger partial charge in [0.05, 0.1) is 6.54 Å². The quantitative estimate of drug-likeness (QED) is 0.814. The first-order valence-corrected chi connectivity index (χ1v) is 7.95. The highest BCUT2D eigenvalue weighted by molar-refractivity contribution is 5.78. The Morgan fingerprint density at radius 3 is 2.04 bits per heavy atom. The molecule has 0 aliphatic heterocycles. The van der Waals surface area contributed by atoms with Crippen LogP contribution in [-0.2, 0) is 11.3 Å². The van der Waals surface area contributed by atoms with Crippen LogP contribution in [0.25, 0.3) is 0 Å². The third-order valence-electron chi connectivity index (χ3n) is 3.78. The van der Waals surface area contributed by atoms with Crippen molar-refractivity contribution in [3.8, 4) is 0 Å². The maximum absolute atomic E-state index is 13.0. The second kappa shape index (κ2) is 8.55. The van der Waals surface area contributed by atoms with Gasteiger partial charge in [0, 0.05) is 12.6 Å². The van der Waals surface area contributed by atoms with E-state index in [0.717, 1.165) is 11.1 Å². The highest BCUT2D eigenvalue weighted by atomic mass is 19.1. The Bertz CT molecular complexity index is 654. The van der Waals surface area contributed by atoms with Crippen molar-refractivity contribution in [3.05, 3.63) is 71.3 Å². The monoisotopic (exact) mass is 332 g/mol. The summed E-state index contributed by atoms with van der Waals surface area (Å²) in [4.78, 5) is 12.0. The van der Waals surface area contributed by atoms with Crippen molar-refractivity contribution < 1.29 is 13.6 Å². The van der Waals surface area contributed by atoms with Crippen molar-refractivity contribution in [2.45, 2.75) is 26.4 Å². The van der Waals surface area contributed by atoms with Gasteiger partial charge in [-0.3, -0.25) is 4.79 Å². The van der Waals surface area contributed by atoms with Crippen LogP contribution in [-0.4, -0.2) is 12.5 Å². The predicted molar refractivity (Wildman–Crippen MR) is 90.2 cm³/mol. The van der Waals surface area contributed by atoms with Crippen LogP contribution < -0.4 is 10.6 Å². The van der Waals surface area contributed by atoms with E-state index in [1.54, 1.807) is 24.3 Å².